The second kappa shape index (κ2) is 9.56. The number of anilines is 1. The van der Waals surface area contributed by atoms with Gasteiger partial charge in [0, 0.05) is 36.3 Å². The maximum atomic E-state index is 12.8. The van der Waals surface area contributed by atoms with Gasteiger partial charge in [-0.3, -0.25) is 29.3 Å². The molecule has 0 unspecified atom stereocenters. The summed E-state index contributed by atoms with van der Waals surface area (Å²) in [6, 6.07) is 3.33. The van der Waals surface area contributed by atoms with Gasteiger partial charge in [-0.25, -0.2) is 4.79 Å². The summed E-state index contributed by atoms with van der Waals surface area (Å²) >= 11 is 0. The number of alkyl halides is 3. The number of rotatable bonds is 5. The summed E-state index contributed by atoms with van der Waals surface area (Å²) in [5.41, 5.74) is 3.16. The van der Waals surface area contributed by atoms with Gasteiger partial charge in [-0.2, -0.15) is 18.3 Å². The number of nitrogens with one attached hydrogen (secondary N) is 2. The van der Waals surface area contributed by atoms with E-state index in [1.165, 1.54) is 10.9 Å². The Kier molecular flexibility index (Phi) is 6.51. The molecule has 186 valence electrons. The largest absolute Gasteiger partial charge is 0.417 e. The van der Waals surface area contributed by atoms with Crippen LogP contribution in [0.4, 0.5) is 23.7 Å². The number of hydrogen-bond donors (Lipinski definition) is 2. The number of aryl methyl sites for hydroxylation is 2. The van der Waals surface area contributed by atoms with Crippen molar-refractivity contribution >= 4 is 17.6 Å². The van der Waals surface area contributed by atoms with Crippen LogP contribution in [0.25, 0.3) is 11.1 Å². The Morgan fingerprint density at radius 1 is 1.17 bits per heavy atom. The number of imide groups is 1. The zero-order chi connectivity index (χ0) is 26.0. The van der Waals surface area contributed by atoms with Crippen LogP contribution in [0.3, 0.4) is 0 Å². The highest BCUT2D eigenvalue weighted by Crippen LogP contribution is 2.30. The fraction of sp³-hybridized carbons (Fsp3) is 0.227. The Labute approximate surface area is 201 Å². The molecule has 0 saturated carbocycles. The van der Waals surface area contributed by atoms with Crippen LogP contribution in [0.1, 0.15) is 33.2 Å². The summed E-state index contributed by atoms with van der Waals surface area (Å²) in [7, 11) is 1.87. The minimum Gasteiger partial charge on any atom is -0.306 e. The van der Waals surface area contributed by atoms with Crippen LogP contribution in [-0.4, -0.2) is 37.0 Å². The van der Waals surface area contributed by atoms with Gasteiger partial charge in [0.2, 0.25) is 6.54 Å². The van der Waals surface area contributed by atoms with E-state index in [4.69, 9.17) is 4.52 Å². The Morgan fingerprint density at radius 2 is 1.94 bits per heavy atom. The minimum absolute atomic E-state index is 0.185. The number of pyridine rings is 2. The van der Waals surface area contributed by atoms with Crippen molar-refractivity contribution in [1.29, 1.82) is 0 Å². The molecule has 0 saturated heterocycles. The highest BCUT2D eigenvalue weighted by Gasteiger charge is 2.31. The summed E-state index contributed by atoms with van der Waals surface area (Å²) in [6.45, 7) is 4.08. The van der Waals surface area contributed by atoms with E-state index in [0.717, 1.165) is 28.7 Å². The molecule has 0 atom stereocenters. The van der Waals surface area contributed by atoms with Crippen LogP contribution in [0.2, 0.25) is 0 Å². The Balaban J connectivity index is 1.37. The number of hydrogen-bond acceptors (Lipinski definition) is 7. The Morgan fingerprint density at radius 3 is 2.58 bits per heavy atom. The number of amides is 3. The van der Waals surface area contributed by atoms with E-state index in [-0.39, 0.29) is 18.0 Å². The maximum absolute atomic E-state index is 12.8. The number of halogens is 3. The highest BCUT2D eigenvalue weighted by atomic mass is 19.4. The molecule has 0 radical (unpaired) electrons. The van der Waals surface area contributed by atoms with Crippen LogP contribution in [0.15, 0.2) is 47.5 Å². The molecule has 4 aromatic heterocycles. The molecule has 11 nitrogen and oxygen atoms in total. The van der Waals surface area contributed by atoms with Crippen molar-refractivity contribution in [3.05, 3.63) is 71.4 Å². The highest BCUT2D eigenvalue weighted by molar-refractivity contribution is 6.06. The summed E-state index contributed by atoms with van der Waals surface area (Å²) in [6.07, 6.45) is -0.0228. The third-order valence-electron chi connectivity index (χ3n) is 5.23. The van der Waals surface area contributed by atoms with E-state index in [1.807, 2.05) is 32.3 Å². The zero-order valence-electron chi connectivity index (χ0n) is 19.3. The van der Waals surface area contributed by atoms with E-state index in [0.29, 0.717) is 18.0 Å². The van der Waals surface area contributed by atoms with E-state index in [1.54, 1.807) is 16.9 Å². The molecule has 14 heteroatoms. The standard InChI is InChI=1S/C22H19F3N8O3/c1-12-19(13(2)32(3)30-12)14-4-5-16(27-7-14)10-33-11-18(36-31-33)20(34)29-21(35)28-17-6-15(8-26-9-17)22(23,24)25/h4-9,11H,10H2,1-3H3,(H-,28,29,34,35)/p+1. The molecule has 0 bridgehead atoms. The lowest BCUT2D eigenvalue weighted by Crippen LogP contribution is -2.37. The van der Waals surface area contributed by atoms with Crippen LogP contribution in [0, 0.1) is 13.8 Å². The van der Waals surface area contributed by atoms with E-state index in [2.05, 4.69) is 25.7 Å². The molecule has 4 aromatic rings. The number of nitrogens with zero attached hydrogens (tertiary/aromatic N) is 6. The van der Waals surface area contributed by atoms with E-state index < -0.39 is 23.7 Å². The Bertz CT molecular complexity index is 1430. The topological polar surface area (TPSA) is 132 Å². The summed E-state index contributed by atoms with van der Waals surface area (Å²) in [4.78, 5) is 32.1. The predicted molar refractivity (Wildman–Crippen MR) is 117 cm³/mol. The lowest BCUT2D eigenvalue weighted by Gasteiger charge is -2.09. The molecule has 0 spiro atoms. The van der Waals surface area contributed by atoms with Crippen LogP contribution in [0.5, 0.6) is 0 Å². The summed E-state index contributed by atoms with van der Waals surface area (Å²) < 4.78 is 46.4. The van der Waals surface area contributed by atoms with Gasteiger partial charge >= 0.3 is 18.1 Å². The number of carbonyl (C=O) groups is 2. The third kappa shape index (κ3) is 5.37. The molecule has 0 fully saturated rings. The van der Waals surface area contributed by atoms with Gasteiger partial charge in [0.1, 0.15) is 5.69 Å². The molecule has 0 aromatic carbocycles. The second-order valence-corrected chi connectivity index (χ2v) is 7.84. The van der Waals surface area contributed by atoms with Crippen LogP contribution >= 0.6 is 0 Å². The molecule has 2 N–H and O–H groups in total. The maximum Gasteiger partial charge on any atom is 0.417 e. The van der Waals surface area contributed by atoms with Crippen molar-refractivity contribution in [2.45, 2.75) is 26.6 Å². The van der Waals surface area contributed by atoms with Gasteiger partial charge in [-0.15, -0.1) is 0 Å². The molecule has 3 amide bonds. The molecule has 0 aliphatic heterocycles. The third-order valence-corrected chi connectivity index (χ3v) is 5.23. The fourth-order valence-corrected chi connectivity index (χ4v) is 3.47. The summed E-state index contributed by atoms with van der Waals surface area (Å²) in [5, 5.41) is 12.2. The molecule has 36 heavy (non-hydrogen) atoms. The second-order valence-electron chi connectivity index (χ2n) is 7.84. The molecular weight excluding hydrogens is 481 g/mol. The number of urea groups is 1. The molecular formula is C22H20F3N8O3+. The predicted octanol–water partition coefficient (Wildman–Crippen LogP) is 2.80. The molecule has 4 heterocycles. The minimum atomic E-state index is -4.63. The van der Waals surface area contributed by atoms with Crippen molar-refractivity contribution in [2.24, 2.45) is 7.05 Å². The van der Waals surface area contributed by atoms with Crippen LogP contribution < -0.4 is 15.3 Å². The first-order chi connectivity index (χ1) is 17.0. The first-order valence-electron chi connectivity index (χ1n) is 10.5. The zero-order valence-corrected chi connectivity index (χ0v) is 19.3. The normalized spacial score (nSPS) is 11.4. The number of aromatic nitrogens is 6. The van der Waals surface area contributed by atoms with Gasteiger partial charge in [0.05, 0.1) is 23.1 Å². The quantitative estimate of drug-likeness (QED) is 0.402. The monoisotopic (exact) mass is 501 g/mol. The average molecular weight is 501 g/mol. The van der Waals surface area contributed by atoms with Gasteiger partial charge in [-0.05, 0) is 30.7 Å². The smallest absolute Gasteiger partial charge is 0.306 e. The molecule has 0 aliphatic rings. The first kappa shape index (κ1) is 24.5. The van der Waals surface area contributed by atoms with Crippen molar-refractivity contribution in [2.75, 3.05) is 5.32 Å². The lowest BCUT2D eigenvalue weighted by molar-refractivity contribution is -0.755. The lowest BCUT2D eigenvalue weighted by atomic mass is 10.1. The Hall–Kier alpha value is -4.62. The van der Waals surface area contributed by atoms with Crippen molar-refractivity contribution in [1.82, 2.24) is 30.3 Å². The van der Waals surface area contributed by atoms with Crippen molar-refractivity contribution in [3.8, 4) is 11.1 Å². The van der Waals surface area contributed by atoms with E-state index in [9.17, 15) is 22.8 Å². The van der Waals surface area contributed by atoms with Crippen LogP contribution in [-0.2, 0) is 19.8 Å². The van der Waals surface area contributed by atoms with Gasteiger partial charge < -0.3 is 5.32 Å². The first-order valence-corrected chi connectivity index (χ1v) is 10.5. The molecule has 4 rings (SSSR count). The van der Waals surface area contributed by atoms with E-state index >= 15 is 0 Å². The SMILES string of the molecule is Cc1nn(C)c(C)c1-c1ccc(C[n+]2cc(C(=O)NC(=O)Nc3cncc(C(F)(F)F)c3)on2)nc1. The summed E-state index contributed by atoms with van der Waals surface area (Å²) in [5.74, 6) is -1.23. The van der Waals surface area contributed by atoms with Gasteiger partial charge in [0.15, 0.2) is 5.27 Å². The van der Waals surface area contributed by atoms with Gasteiger partial charge in [0.25, 0.3) is 12.0 Å². The average Bonchev–Trinajstić information content (AvgIpc) is 3.38. The van der Waals surface area contributed by atoms with Crippen molar-refractivity contribution in [3.63, 3.8) is 0 Å². The van der Waals surface area contributed by atoms with Crippen molar-refractivity contribution < 1.29 is 32.0 Å². The fourth-order valence-electron chi connectivity index (χ4n) is 3.47. The molecule has 0 aliphatic carbocycles. The number of carbonyl (C=O) groups excluding carboxylic acids is 2. The van der Waals surface area contributed by atoms with Gasteiger partial charge in [-0.1, -0.05) is 6.07 Å².